The summed E-state index contributed by atoms with van der Waals surface area (Å²) in [5.41, 5.74) is 0.997. The highest BCUT2D eigenvalue weighted by Gasteiger charge is 2.13. The monoisotopic (exact) mass is 396 g/mol. The standard InChI is InChI=1S/C16H17BrN2O3S/c17-14-6-8-15(9-7-14)23(21,22)19-11-10-16(20)18-12-13-4-2-1-3-5-13/h1-9,19H,10-12H2,(H,18,20). The molecular formula is C16H17BrN2O3S. The lowest BCUT2D eigenvalue weighted by atomic mass is 10.2. The third-order valence-electron chi connectivity index (χ3n) is 3.10. The molecule has 0 radical (unpaired) electrons. The van der Waals surface area contributed by atoms with Crippen LogP contribution in [0.1, 0.15) is 12.0 Å². The highest BCUT2D eigenvalue weighted by molar-refractivity contribution is 9.10. The van der Waals surface area contributed by atoms with Gasteiger partial charge in [0.1, 0.15) is 0 Å². The molecule has 122 valence electrons. The van der Waals surface area contributed by atoms with E-state index in [0.29, 0.717) is 6.54 Å². The van der Waals surface area contributed by atoms with Gasteiger partial charge in [-0.15, -0.1) is 0 Å². The Balaban J connectivity index is 1.77. The van der Waals surface area contributed by atoms with E-state index in [1.165, 1.54) is 12.1 Å². The number of hydrogen-bond donors (Lipinski definition) is 2. The Hall–Kier alpha value is -1.70. The van der Waals surface area contributed by atoms with Gasteiger partial charge in [0.05, 0.1) is 4.90 Å². The van der Waals surface area contributed by atoms with Gasteiger partial charge in [0.25, 0.3) is 0 Å². The molecule has 0 saturated carbocycles. The highest BCUT2D eigenvalue weighted by Crippen LogP contribution is 2.14. The van der Waals surface area contributed by atoms with Gasteiger partial charge in [-0.05, 0) is 29.8 Å². The van der Waals surface area contributed by atoms with Crippen molar-refractivity contribution in [1.82, 2.24) is 10.0 Å². The summed E-state index contributed by atoms with van der Waals surface area (Å²) >= 11 is 3.25. The number of nitrogens with one attached hydrogen (secondary N) is 2. The fraction of sp³-hybridized carbons (Fsp3) is 0.188. The van der Waals surface area contributed by atoms with Gasteiger partial charge in [0.15, 0.2) is 0 Å². The Labute approximate surface area is 144 Å². The zero-order valence-corrected chi connectivity index (χ0v) is 14.7. The summed E-state index contributed by atoms with van der Waals surface area (Å²) < 4.78 is 27.3. The quantitative estimate of drug-likeness (QED) is 0.754. The van der Waals surface area contributed by atoms with Crippen LogP contribution in [-0.4, -0.2) is 20.9 Å². The van der Waals surface area contributed by atoms with Gasteiger partial charge in [-0.1, -0.05) is 46.3 Å². The van der Waals surface area contributed by atoms with Crippen molar-refractivity contribution >= 4 is 31.9 Å². The van der Waals surface area contributed by atoms with Crippen molar-refractivity contribution in [3.05, 3.63) is 64.6 Å². The topological polar surface area (TPSA) is 75.3 Å². The van der Waals surface area contributed by atoms with Crippen LogP contribution in [0.4, 0.5) is 0 Å². The molecule has 2 aromatic carbocycles. The number of benzene rings is 2. The first-order valence-electron chi connectivity index (χ1n) is 7.03. The SMILES string of the molecule is O=C(CCNS(=O)(=O)c1ccc(Br)cc1)NCc1ccccc1. The first-order valence-corrected chi connectivity index (χ1v) is 9.31. The third-order valence-corrected chi connectivity index (χ3v) is 5.11. The van der Waals surface area contributed by atoms with E-state index in [-0.39, 0.29) is 23.8 Å². The number of carbonyl (C=O) groups excluding carboxylic acids is 1. The van der Waals surface area contributed by atoms with Crippen molar-refractivity contribution in [3.8, 4) is 0 Å². The van der Waals surface area contributed by atoms with Crippen molar-refractivity contribution in [2.45, 2.75) is 17.9 Å². The van der Waals surface area contributed by atoms with E-state index in [0.717, 1.165) is 10.0 Å². The summed E-state index contributed by atoms with van der Waals surface area (Å²) in [6.07, 6.45) is 0.0859. The van der Waals surface area contributed by atoms with E-state index in [4.69, 9.17) is 0 Å². The molecule has 0 bridgehead atoms. The Kier molecular flexibility index (Phi) is 6.32. The van der Waals surface area contributed by atoms with E-state index in [2.05, 4.69) is 26.0 Å². The molecular weight excluding hydrogens is 380 g/mol. The molecule has 1 amide bonds. The summed E-state index contributed by atoms with van der Waals surface area (Å²) in [5, 5.41) is 2.75. The van der Waals surface area contributed by atoms with E-state index in [1.54, 1.807) is 12.1 Å². The second kappa shape index (κ2) is 8.24. The van der Waals surface area contributed by atoms with Gasteiger partial charge in [-0.3, -0.25) is 4.79 Å². The van der Waals surface area contributed by atoms with Gasteiger partial charge in [-0.25, -0.2) is 13.1 Å². The summed E-state index contributed by atoms with van der Waals surface area (Å²) in [6, 6.07) is 15.8. The fourth-order valence-corrected chi connectivity index (χ4v) is 3.18. The molecule has 0 aliphatic heterocycles. The Morgan fingerprint density at radius 2 is 1.65 bits per heavy atom. The van der Waals surface area contributed by atoms with E-state index >= 15 is 0 Å². The summed E-state index contributed by atoms with van der Waals surface area (Å²) in [5.74, 6) is -0.202. The van der Waals surface area contributed by atoms with Crippen molar-refractivity contribution in [3.63, 3.8) is 0 Å². The van der Waals surface area contributed by atoms with E-state index in [1.807, 2.05) is 30.3 Å². The molecule has 0 saturated heterocycles. The summed E-state index contributed by atoms with van der Waals surface area (Å²) in [4.78, 5) is 11.9. The number of sulfonamides is 1. The first kappa shape index (κ1) is 17.7. The molecule has 7 heteroatoms. The second-order valence-electron chi connectivity index (χ2n) is 4.86. The second-order valence-corrected chi connectivity index (χ2v) is 7.55. The van der Waals surface area contributed by atoms with Crippen LogP contribution >= 0.6 is 15.9 Å². The maximum atomic E-state index is 12.0. The molecule has 0 aromatic heterocycles. The van der Waals surface area contributed by atoms with Crippen LogP contribution in [0.15, 0.2) is 64.0 Å². The number of hydrogen-bond acceptors (Lipinski definition) is 3. The van der Waals surface area contributed by atoms with Crippen LogP contribution < -0.4 is 10.0 Å². The molecule has 2 rings (SSSR count). The molecule has 0 aliphatic rings. The zero-order chi connectivity index (χ0) is 16.7. The van der Waals surface area contributed by atoms with Crippen LogP contribution in [0, 0.1) is 0 Å². The molecule has 0 unspecified atom stereocenters. The van der Waals surface area contributed by atoms with Crippen LogP contribution in [0.5, 0.6) is 0 Å². The van der Waals surface area contributed by atoms with Crippen LogP contribution in [0.3, 0.4) is 0 Å². The molecule has 5 nitrogen and oxygen atoms in total. The van der Waals surface area contributed by atoms with E-state index in [9.17, 15) is 13.2 Å². The molecule has 0 heterocycles. The van der Waals surface area contributed by atoms with E-state index < -0.39 is 10.0 Å². The Morgan fingerprint density at radius 3 is 2.30 bits per heavy atom. The number of amides is 1. The minimum Gasteiger partial charge on any atom is -0.352 e. The van der Waals surface area contributed by atoms with Crippen molar-refractivity contribution in [2.75, 3.05) is 6.54 Å². The minimum atomic E-state index is -3.59. The number of halogens is 1. The number of rotatable bonds is 7. The average molecular weight is 397 g/mol. The maximum Gasteiger partial charge on any atom is 0.240 e. The van der Waals surface area contributed by atoms with Gasteiger partial charge < -0.3 is 5.32 Å². The highest BCUT2D eigenvalue weighted by atomic mass is 79.9. The normalized spacial score (nSPS) is 11.2. The summed E-state index contributed by atoms with van der Waals surface area (Å²) in [7, 11) is -3.59. The average Bonchev–Trinajstić information content (AvgIpc) is 2.54. The van der Waals surface area contributed by atoms with Crippen molar-refractivity contribution in [1.29, 1.82) is 0 Å². The lowest BCUT2D eigenvalue weighted by Gasteiger charge is -2.08. The van der Waals surface area contributed by atoms with Crippen LogP contribution in [-0.2, 0) is 21.4 Å². The smallest absolute Gasteiger partial charge is 0.240 e. The van der Waals surface area contributed by atoms with Gasteiger partial charge in [0.2, 0.25) is 15.9 Å². The van der Waals surface area contributed by atoms with Gasteiger partial charge >= 0.3 is 0 Å². The molecule has 0 fully saturated rings. The van der Waals surface area contributed by atoms with Crippen LogP contribution in [0.2, 0.25) is 0 Å². The predicted octanol–water partition coefficient (Wildman–Crippen LogP) is 2.43. The van der Waals surface area contributed by atoms with Gasteiger partial charge in [-0.2, -0.15) is 0 Å². The van der Waals surface area contributed by atoms with Crippen molar-refractivity contribution < 1.29 is 13.2 Å². The lowest BCUT2D eigenvalue weighted by Crippen LogP contribution is -2.30. The fourth-order valence-electron chi connectivity index (χ4n) is 1.88. The van der Waals surface area contributed by atoms with Crippen LogP contribution in [0.25, 0.3) is 0 Å². The zero-order valence-electron chi connectivity index (χ0n) is 12.3. The predicted molar refractivity (Wildman–Crippen MR) is 92.2 cm³/mol. The molecule has 0 atom stereocenters. The van der Waals surface area contributed by atoms with Crippen molar-refractivity contribution in [2.24, 2.45) is 0 Å². The van der Waals surface area contributed by atoms with Gasteiger partial charge in [0, 0.05) is 24.0 Å². The number of carbonyl (C=O) groups is 1. The molecule has 0 spiro atoms. The molecule has 2 aromatic rings. The summed E-state index contributed by atoms with van der Waals surface area (Å²) in [6.45, 7) is 0.484. The lowest BCUT2D eigenvalue weighted by molar-refractivity contribution is -0.121. The first-order chi connectivity index (χ1) is 11.0. The Morgan fingerprint density at radius 1 is 1.00 bits per heavy atom. The third kappa shape index (κ3) is 5.78. The Bertz CT molecular complexity index is 747. The maximum absolute atomic E-state index is 12.0. The minimum absolute atomic E-state index is 0.0546. The molecule has 23 heavy (non-hydrogen) atoms. The molecule has 0 aliphatic carbocycles. The largest absolute Gasteiger partial charge is 0.352 e. The molecule has 2 N–H and O–H groups in total.